The van der Waals surface area contributed by atoms with Gasteiger partial charge in [-0.15, -0.1) is 12.4 Å². The van der Waals surface area contributed by atoms with E-state index >= 15 is 0 Å². The van der Waals surface area contributed by atoms with Gasteiger partial charge in [0, 0.05) is 12.1 Å². The standard InChI is InChI=1S/C14H18ClN3O2.ClH/c15-12-2-1-10(8-11(12)14(16)20)18-13(19)7-9-3-5-17-6-4-9;/h1-2,8-9,17H,3-7H2,(H2,16,20)(H,18,19);1H. The second-order valence-corrected chi connectivity index (χ2v) is 5.41. The van der Waals surface area contributed by atoms with Gasteiger partial charge >= 0.3 is 0 Å². The largest absolute Gasteiger partial charge is 0.366 e. The van der Waals surface area contributed by atoms with Gasteiger partial charge in [0.1, 0.15) is 0 Å². The van der Waals surface area contributed by atoms with Crippen molar-refractivity contribution in [2.75, 3.05) is 18.4 Å². The number of anilines is 1. The molecule has 1 fully saturated rings. The molecule has 1 aromatic rings. The zero-order chi connectivity index (χ0) is 14.5. The molecular weight excluding hydrogens is 313 g/mol. The molecular formula is C14H19Cl2N3O2. The number of nitrogens with two attached hydrogens (primary N) is 1. The van der Waals surface area contributed by atoms with Gasteiger partial charge in [0.25, 0.3) is 0 Å². The number of halogens is 2. The fourth-order valence-corrected chi connectivity index (χ4v) is 2.56. The maximum Gasteiger partial charge on any atom is 0.250 e. The number of rotatable bonds is 4. The van der Waals surface area contributed by atoms with E-state index in [1.807, 2.05) is 0 Å². The summed E-state index contributed by atoms with van der Waals surface area (Å²) in [5.74, 6) is -0.238. The van der Waals surface area contributed by atoms with Crippen molar-refractivity contribution < 1.29 is 9.59 Å². The Morgan fingerprint density at radius 3 is 2.62 bits per heavy atom. The molecule has 1 aromatic carbocycles. The van der Waals surface area contributed by atoms with E-state index in [1.54, 1.807) is 12.1 Å². The van der Waals surface area contributed by atoms with Gasteiger partial charge in [0.2, 0.25) is 11.8 Å². The molecule has 1 saturated heterocycles. The van der Waals surface area contributed by atoms with E-state index in [4.69, 9.17) is 17.3 Å². The molecule has 0 unspecified atom stereocenters. The molecule has 7 heteroatoms. The molecule has 0 bridgehead atoms. The molecule has 0 aliphatic carbocycles. The van der Waals surface area contributed by atoms with Crippen molar-refractivity contribution in [1.82, 2.24) is 5.32 Å². The summed E-state index contributed by atoms with van der Waals surface area (Å²) < 4.78 is 0. The van der Waals surface area contributed by atoms with Gasteiger partial charge in [-0.05, 0) is 50.0 Å². The highest BCUT2D eigenvalue weighted by molar-refractivity contribution is 6.33. The Labute approximate surface area is 135 Å². The predicted molar refractivity (Wildman–Crippen MR) is 86.1 cm³/mol. The fraction of sp³-hybridized carbons (Fsp3) is 0.429. The van der Waals surface area contributed by atoms with E-state index in [0.717, 1.165) is 25.9 Å². The third-order valence-corrected chi connectivity index (χ3v) is 3.78. The minimum Gasteiger partial charge on any atom is -0.366 e. The molecule has 2 amide bonds. The van der Waals surface area contributed by atoms with Gasteiger partial charge in [-0.1, -0.05) is 11.6 Å². The summed E-state index contributed by atoms with van der Waals surface area (Å²) in [6, 6.07) is 4.72. The van der Waals surface area contributed by atoms with Gasteiger partial charge in [-0.3, -0.25) is 9.59 Å². The number of hydrogen-bond acceptors (Lipinski definition) is 3. The van der Waals surface area contributed by atoms with Crippen LogP contribution in [-0.4, -0.2) is 24.9 Å². The Balaban J connectivity index is 0.00000220. The Morgan fingerprint density at radius 1 is 1.33 bits per heavy atom. The molecule has 1 aliphatic heterocycles. The van der Waals surface area contributed by atoms with Crippen LogP contribution in [-0.2, 0) is 4.79 Å². The van der Waals surface area contributed by atoms with Crippen LogP contribution in [0.1, 0.15) is 29.6 Å². The molecule has 0 aromatic heterocycles. The molecule has 5 nitrogen and oxygen atoms in total. The molecule has 116 valence electrons. The average Bonchev–Trinajstić information content (AvgIpc) is 2.41. The summed E-state index contributed by atoms with van der Waals surface area (Å²) in [5, 5.41) is 6.34. The van der Waals surface area contributed by atoms with Crippen LogP contribution in [0.5, 0.6) is 0 Å². The Kier molecular flexibility index (Phi) is 6.95. The summed E-state index contributed by atoms with van der Waals surface area (Å²) in [6.45, 7) is 1.93. The highest BCUT2D eigenvalue weighted by Gasteiger charge is 2.17. The highest BCUT2D eigenvalue weighted by Crippen LogP contribution is 2.21. The second kappa shape index (κ2) is 8.22. The summed E-state index contributed by atoms with van der Waals surface area (Å²) in [5.41, 5.74) is 5.98. The number of amides is 2. The molecule has 4 N–H and O–H groups in total. The average molecular weight is 332 g/mol. The fourth-order valence-electron chi connectivity index (χ4n) is 2.35. The van der Waals surface area contributed by atoms with Gasteiger partial charge in [-0.2, -0.15) is 0 Å². The SMILES string of the molecule is Cl.NC(=O)c1cc(NC(=O)CC2CCNCC2)ccc1Cl. The van der Waals surface area contributed by atoms with E-state index in [-0.39, 0.29) is 28.9 Å². The van der Waals surface area contributed by atoms with E-state index in [9.17, 15) is 9.59 Å². The topological polar surface area (TPSA) is 84.2 Å². The Bertz CT molecular complexity index is 517. The first-order valence-corrected chi connectivity index (χ1v) is 7.04. The Morgan fingerprint density at radius 2 is 2.00 bits per heavy atom. The lowest BCUT2D eigenvalue weighted by Gasteiger charge is -2.22. The van der Waals surface area contributed by atoms with E-state index < -0.39 is 5.91 Å². The monoisotopic (exact) mass is 331 g/mol. The van der Waals surface area contributed by atoms with Crippen LogP contribution in [0.15, 0.2) is 18.2 Å². The normalized spacial score (nSPS) is 15.1. The van der Waals surface area contributed by atoms with Crippen LogP contribution in [0.4, 0.5) is 5.69 Å². The zero-order valence-corrected chi connectivity index (χ0v) is 13.1. The lowest BCUT2D eigenvalue weighted by molar-refractivity contribution is -0.117. The summed E-state index contributed by atoms with van der Waals surface area (Å²) in [7, 11) is 0. The number of benzene rings is 1. The molecule has 0 atom stereocenters. The third-order valence-electron chi connectivity index (χ3n) is 3.45. The van der Waals surface area contributed by atoms with Crippen molar-refractivity contribution >= 4 is 41.5 Å². The van der Waals surface area contributed by atoms with Crippen LogP contribution in [0.2, 0.25) is 5.02 Å². The first-order valence-electron chi connectivity index (χ1n) is 6.66. The Hall–Kier alpha value is -1.30. The predicted octanol–water partition coefficient (Wildman–Crippen LogP) is 2.19. The van der Waals surface area contributed by atoms with Crippen LogP contribution in [0.25, 0.3) is 0 Å². The third kappa shape index (κ3) is 5.19. The number of primary amides is 1. The van der Waals surface area contributed by atoms with Crippen LogP contribution in [0, 0.1) is 5.92 Å². The second-order valence-electron chi connectivity index (χ2n) is 5.00. The molecule has 1 aliphatic rings. The summed E-state index contributed by atoms with van der Waals surface area (Å²) in [6.07, 6.45) is 2.53. The van der Waals surface area contributed by atoms with Crippen molar-refractivity contribution in [3.63, 3.8) is 0 Å². The number of nitrogens with one attached hydrogen (secondary N) is 2. The van der Waals surface area contributed by atoms with Crippen molar-refractivity contribution in [3.05, 3.63) is 28.8 Å². The number of piperidine rings is 1. The van der Waals surface area contributed by atoms with Crippen molar-refractivity contribution in [2.45, 2.75) is 19.3 Å². The van der Waals surface area contributed by atoms with E-state index in [2.05, 4.69) is 10.6 Å². The van der Waals surface area contributed by atoms with E-state index in [1.165, 1.54) is 6.07 Å². The summed E-state index contributed by atoms with van der Waals surface area (Å²) >= 11 is 5.86. The maximum atomic E-state index is 12.0. The first-order chi connectivity index (χ1) is 9.56. The van der Waals surface area contributed by atoms with Crippen molar-refractivity contribution in [2.24, 2.45) is 11.7 Å². The molecule has 0 saturated carbocycles. The van der Waals surface area contributed by atoms with Crippen LogP contribution in [0.3, 0.4) is 0 Å². The lowest BCUT2D eigenvalue weighted by Crippen LogP contribution is -2.30. The molecule has 21 heavy (non-hydrogen) atoms. The van der Waals surface area contributed by atoms with Gasteiger partial charge < -0.3 is 16.4 Å². The van der Waals surface area contributed by atoms with Gasteiger partial charge in [-0.25, -0.2) is 0 Å². The number of carbonyl (C=O) groups excluding carboxylic acids is 2. The quantitative estimate of drug-likeness (QED) is 0.790. The number of hydrogen-bond donors (Lipinski definition) is 3. The molecule has 0 radical (unpaired) electrons. The minimum atomic E-state index is -0.607. The molecule has 0 spiro atoms. The smallest absolute Gasteiger partial charge is 0.250 e. The maximum absolute atomic E-state index is 12.0. The lowest BCUT2D eigenvalue weighted by atomic mass is 9.94. The van der Waals surface area contributed by atoms with Crippen LogP contribution < -0.4 is 16.4 Å². The van der Waals surface area contributed by atoms with Gasteiger partial charge in [0.05, 0.1) is 10.6 Å². The zero-order valence-electron chi connectivity index (χ0n) is 11.5. The van der Waals surface area contributed by atoms with Crippen LogP contribution >= 0.6 is 24.0 Å². The minimum absolute atomic E-state index is 0. The summed E-state index contributed by atoms with van der Waals surface area (Å²) in [4.78, 5) is 23.2. The molecule has 1 heterocycles. The highest BCUT2D eigenvalue weighted by atomic mass is 35.5. The van der Waals surface area contributed by atoms with E-state index in [0.29, 0.717) is 18.0 Å². The first kappa shape index (κ1) is 17.8. The number of carbonyl (C=O) groups is 2. The molecule has 2 rings (SSSR count). The van der Waals surface area contributed by atoms with Gasteiger partial charge in [0.15, 0.2) is 0 Å². The van der Waals surface area contributed by atoms with Crippen molar-refractivity contribution in [3.8, 4) is 0 Å². The van der Waals surface area contributed by atoms with Crippen molar-refractivity contribution in [1.29, 1.82) is 0 Å².